The molecule has 0 amide bonds. The average Bonchev–Trinajstić information content (AvgIpc) is 2.26. The maximum Gasteiger partial charge on any atom is 0.418 e. The minimum atomic E-state index is -4.70. The van der Waals surface area contributed by atoms with E-state index in [2.05, 4.69) is 6.58 Å². The molecule has 16 heavy (non-hydrogen) atoms. The summed E-state index contributed by atoms with van der Waals surface area (Å²) in [6.45, 7) is 3.24. The van der Waals surface area contributed by atoms with Gasteiger partial charge in [-0.2, -0.15) is 13.2 Å². The van der Waals surface area contributed by atoms with Crippen molar-refractivity contribution in [3.05, 3.63) is 36.4 Å². The monoisotopic (exact) mass is 232 g/mol. The third-order valence-corrected chi connectivity index (χ3v) is 2.10. The normalized spacial score (nSPS) is 13.3. The minimum absolute atomic E-state index is 0.227. The highest BCUT2D eigenvalue weighted by Crippen LogP contribution is 2.30. The number of ether oxygens (including phenoxy) is 1. The fourth-order valence-corrected chi connectivity index (χ4v) is 1.16. The van der Waals surface area contributed by atoms with E-state index in [9.17, 15) is 13.2 Å². The lowest BCUT2D eigenvalue weighted by Gasteiger charge is -2.17. The van der Waals surface area contributed by atoms with Gasteiger partial charge in [-0.25, -0.2) is 0 Å². The third-order valence-electron chi connectivity index (χ3n) is 2.10. The van der Waals surface area contributed by atoms with Gasteiger partial charge >= 0.3 is 6.18 Å². The largest absolute Gasteiger partial charge is 0.497 e. The number of methoxy groups -OCH3 is 1. The first-order valence-electron chi connectivity index (χ1n) is 4.44. The molecule has 0 aliphatic carbocycles. The Morgan fingerprint density at radius 3 is 2.19 bits per heavy atom. The number of hydrogen-bond acceptors (Lipinski definition) is 2. The highest BCUT2D eigenvalue weighted by molar-refractivity contribution is 5.67. The summed E-state index contributed by atoms with van der Waals surface area (Å²) in [4.78, 5) is 0. The van der Waals surface area contributed by atoms with Crippen molar-refractivity contribution in [1.29, 1.82) is 0 Å². The molecule has 0 saturated heterocycles. The highest BCUT2D eigenvalue weighted by Gasteiger charge is 2.40. The molecule has 1 aromatic carbocycles. The van der Waals surface area contributed by atoms with Crippen molar-refractivity contribution in [2.45, 2.75) is 12.3 Å². The van der Waals surface area contributed by atoms with Crippen LogP contribution in [0.3, 0.4) is 0 Å². The van der Waals surface area contributed by atoms with Crippen molar-refractivity contribution in [2.24, 2.45) is 0 Å². The number of rotatable bonds is 3. The van der Waals surface area contributed by atoms with Gasteiger partial charge in [-0.1, -0.05) is 18.7 Å². The van der Waals surface area contributed by atoms with Gasteiger partial charge in [0.15, 0.2) is 6.10 Å². The Balaban J connectivity index is 2.88. The average molecular weight is 232 g/mol. The molecule has 0 heterocycles. The molecule has 0 radical (unpaired) electrons. The second kappa shape index (κ2) is 4.57. The summed E-state index contributed by atoms with van der Waals surface area (Å²) in [6, 6.07) is 5.83. The van der Waals surface area contributed by atoms with E-state index in [0.717, 1.165) is 0 Å². The van der Waals surface area contributed by atoms with Crippen molar-refractivity contribution in [3.63, 3.8) is 0 Å². The zero-order valence-electron chi connectivity index (χ0n) is 8.58. The number of aliphatic hydroxyl groups is 1. The van der Waals surface area contributed by atoms with E-state index in [1.165, 1.54) is 31.4 Å². The Hall–Kier alpha value is -1.49. The fraction of sp³-hybridized carbons (Fsp3) is 0.273. The molecular formula is C11H11F3O2. The van der Waals surface area contributed by atoms with E-state index in [1.54, 1.807) is 0 Å². The smallest absolute Gasteiger partial charge is 0.418 e. The number of hydrogen-bond donors (Lipinski definition) is 1. The van der Waals surface area contributed by atoms with E-state index >= 15 is 0 Å². The van der Waals surface area contributed by atoms with Crippen LogP contribution >= 0.6 is 0 Å². The van der Waals surface area contributed by atoms with Crippen LogP contribution in [0.1, 0.15) is 5.56 Å². The van der Waals surface area contributed by atoms with Crippen LogP contribution in [0.2, 0.25) is 0 Å². The van der Waals surface area contributed by atoms with Crippen molar-refractivity contribution >= 4 is 5.57 Å². The molecule has 1 unspecified atom stereocenters. The summed E-state index contributed by atoms with van der Waals surface area (Å²) >= 11 is 0. The van der Waals surface area contributed by atoms with E-state index in [1.807, 2.05) is 0 Å². The molecule has 2 nitrogen and oxygen atoms in total. The van der Waals surface area contributed by atoms with Crippen LogP contribution in [0.15, 0.2) is 30.8 Å². The first kappa shape index (κ1) is 12.6. The van der Waals surface area contributed by atoms with Crippen LogP contribution in [0.5, 0.6) is 5.75 Å². The maximum atomic E-state index is 12.2. The van der Waals surface area contributed by atoms with Crippen LogP contribution in [0, 0.1) is 0 Å². The summed E-state index contributed by atoms with van der Waals surface area (Å²) in [7, 11) is 1.45. The van der Waals surface area contributed by atoms with Crippen molar-refractivity contribution < 1.29 is 23.0 Å². The molecule has 0 aromatic heterocycles. The maximum absolute atomic E-state index is 12.2. The standard InChI is InChI=1S/C11H11F3O2/c1-7(10(15)11(12,13)14)8-3-5-9(16-2)6-4-8/h3-6,10,15H,1H2,2H3. The zero-order valence-corrected chi connectivity index (χ0v) is 8.58. The summed E-state index contributed by atoms with van der Waals surface area (Å²) in [5, 5.41) is 8.98. The molecule has 5 heteroatoms. The lowest BCUT2D eigenvalue weighted by atomic mass is 10.0. The van der Waals surface area contributed by atoms with Gasteiger partial charge in [-0.3, -0.25) is 0 Å². The van der Waals surface area contributed by atoms with Gasteiger partial charge < -0.3 is 9.84 Å². The minimum Gasteiger partial charge on any atom is -0.497 e. The van der Waals surface area contributed by atoms with Crippen molar-refractivity contribution in [2.75, 3.05) is 7.11 Å². The molecule has 1 N–H and O–H groups in total. The fourth-order valence-electron chi connectivity index (χ4n) is 1.16. The molecule has 1 aromatic rings. The Bertz CT molecular complexity index is 368. The Morgan fingerprint density at radius 1 is 1.31 bits per heavy atom. The van der Waals surface area contributed by atoms with Crippen molar-refractivity contribution in [3.8, 4) is 5.75 Å². The Kier molecular flexibility index (Phi) is 3.59. The SMILES string of the molecule is C=C(c1ccc(OC)cc1)C(O)C(F)(F)F. The Labute approximate surface area is 91.0 Å². The zero-order chi connectivity index (χ0) is 12.3. The molecule has 0 bridgehead atoms. The molecule has 0 aliphatic rings. The van der Waals surface area contributed by atoms with E-state index in [-0.39, 0.29) is 11.1 Å². The van der Waals surface area contributed by atoms with Crippen LogP contribution in [-0.4, -0.2) is 24.5 Å². The van der Waals surface area contributed by atoms with E-state index in [0.29, 0.717) is 5.75 Å². The first-order chi connectivity index (χ1) is 7.36. The molecule has 1 atom stereocenters. The number of aliphatic hydroxyl groups excluding tert-OH is 1. The molecule has 0 saturated carbocycles. The molecule has 88 valence electrons. The number of halogens is 3. The topological polar surface area (TPSA) is 29.5 Å². The van der Waals surface area contributed by atoms with Gasteiger partial charge in [0.25, 0.3) is 0 Å². The summed E-state index contributed by atoms with van der Waals surface area (Å²) in [5.41, 5.74) is -0.152. The second-order valence-electron chi connectivity index (χ2n) is 3.20. The van der Waals surface area contributed by atoms with Gasteiger partial charge in [0, 0.05) is 0 Å². The predicted octanol–water partition coefficient (Wildman–Crippen LogP) is 2.63. The third kappa shape index (κ3) is 2.76. The lowest BCUT2D eigenvalue weighted by molar-refractivity contribution is -0.184. The van der Waals surface area contributed by atoms with Gasteiger partial charge in [0.2, 0.25) is 0 Å². The quantitative estimate of drug-likeness (QED) is 0.868. The Morgan fingerprint density at radius 2 is 1.81 bits per heavy atom. The molecule has 0 fully saturated rings. The summed E-state index contributed by atoms with van der Waals surface area (Å²) in [5.74, 6) is 0.526. The van der Waals surface area contributed by atoms with Crippen LogP contribution in [0.4, 0.5) is 13.2 Å². The summed E-state index contributed by atoms with van der Waals surface area (Å²) in [6.07, 6.45) is -7.24. The van der Waals surface area contributed by atoms with Crippen molar-refractivity contribution in [1.82, 2.24) is 0 Å². The highest BCUT2D eigenvalue weighted by atomic mass is 19.4. The van der Waals surface area contributed by atoms with Crippen LogP contribution in [0.25, 0.3) is 5.57 Å². The molecule has 1 rings (SSSR count). The van der Waals surface area contributed by atoms with Gasteiger partial charge in [0.1, 0.15) is 5.75 Å². The number of alkyl halides is 3. The molecular weight excluding hydrogens is 221 g/mol. The van der Waals surface area contributed by atoms with Gasteiger partial charge in [0.05, 0.1) is 7.11 Å². The summed E-state index contributed by atoms with van der Waals surface area (Å²) < 4.78 is 41.4. The predicted molar refractivity (Wildman–Crippen MR) is 54.1 cm³/mol. The molecule has 0 aliphatic heterocycles. The first-order valence-corrected chi connectivity index (χ1v) is 4.44. The van der Waals surface area contributed by atoms with Gasteiger partial charge in [-0.15, -0.1) is 0 Å². The molecule has 0 spiro atoms. The van der Waals surface area contributed by atoms with Gasteiger partial charge in [-0.05, 0) is 23.3 Å². The lowest BCUT2D eigenvalue weighted by Crippen LogP contribution is -2.29. The van der Waals surface area contributed by atoms with Crippen LogP contribution < -0.4 is 4.74 Å². The number of benzene rings is 1. The van der Waals surface area contributed by atoms with E-state index in [4.69, 9.17) is 9.84 Å². The second-order valence-corrected chi connectivity index (χ2v) is 3.20. The van der Waals surface area contributed by atoms with Crippen LogP contribution in [-0.2, 0) is 0 Å². The van der Waals surface area contributed by atoms with E-state index < -0.39 is 12.3 Å².